The molecule has 5 aromatic rings. The first-order valence-corrected chi connectivity index (χ1v) is 44.9. The quantitative estimate of drug-likeness (QED) is 0.0250. The van der Waals surface area contributed by atoms with Crippen LogP contribution < -0.4 is 76.1 Å². The molecule has 24 N–H and O–H groups in total. The molecule has 3 fully saturated rings. The Bertz CT molecular complexity index is 5010. The number of H-pyrrole nitrogens is 2. The molecule has 3 aromatic carbocycles. The van der Waals surface area contributed by atoms with Crippen molar-refractivity contribution in [3.8, 4) is 5.75 Å². The number of nitrogens with two attached hydrogens (primary N) is 4. The highest BCUT2D eigenvalue weighted by Crippen LogP contribution is 2.28. The van der Waals surface area contributed by atoms with Gasteiger partial charge in [0.2, 0.25) is 100 Å². The third kappa shape index (κ3) is 28.8. The SMILES string of the molecule is CCCC[C@H]1C(=O)N(C)[C@@H](CCCC)C(=O)N[C@@H](CCC(=O)O)C(=O)N[C@H](C(=O)NCC(N)=O)CSCC(=O)N[C@@H](Cc2ccc(O)cc2)C(=O)N(C)[C@@H](C)C(=O)N[C@@H](CC(N)=O)C(=O)N2CCC[C@H]2C(=O)N[C@@H](CN)C(=O)N[C@@H](CCC(=O)O)C(=O)N2C[C@H](O)C[C@H]2C(=O)N[C@@H](Cc2c[nH]c3ccccc23)C(=O)N[C@@H](CCN)C(=O)N[C@@H](Cc2c[nH]c3ccccc23)C(=O)N1C. The van der Waals surface area contributed by atoms with E-state index in [9.17, 15) is 78.0 Å². The van der Waals surface area contributed by atoms with Gasteiger partial charge in [-0.3, -0.25) is 91.1 Å². The monoisotopic (exact) mass is 1860 g/mol. The molecule has 0 unspecified atom stereocenters. The zero-order chi connectivity index (χ0) is 96.9. The number of carboxylic acids is 2. The molecule has 0 saturated carbocycles. The Morgan fingerprint density at radius 2 is 0.992 bits per heavy atom. The van der Waals surface area contributed by atoms with Crippen molar-refractivity contribution in [3.05, 3.63) is 102 Å². The van der Waals surface area contributed by atoms with Gasteiger partial charge >= 0.3 is 11.9 Å². The Balaban J connectivity index is 1.19. The maximum absolute atomic E-state index is 15.8. The number of aromatic hydroxyl groups is 1. The molecule has 3 aliphatic rings. The van der Waals surface area contributed by atoms with E-state index in [0.717, 1.165) is 24.5 Å². The highest BCUT2D eigenvalue weighted by Gasteiger charge is 2.47. The number of hydrogen-bond acceptors (Lipinski definition) is 24. The fraction of sp³-hybridized carbons (Fsp3) is 0.529. The molecule has 3 aliphatic heterocycles. The van der Waals surface area contributed by atoms with Crippen LogP contribution >= 0.6 is 11.8 Å². The number of carbonyl (C=O) groups excluding carboxylic acids is 17. The van der Waals surface area contributed by atoms with E-state index in [1.165, 1.54) is 52.3 Å². The van der Waals surface area contributed by atoms with Gasteiger partial charge in [-0.1, -0.05) is 88.1 Å². The molecule has 0 aliphatic carbocycles. The summed E-state index contributed by atoms with van der Waals surface area (Å²) in [5.41, 5.74) is 25.9. The third-order valence-corrected chi connectivity index (χ3v) is 24.5. The summed E-state index contributed by atoms with van der Waals surface area (Å²) >= 11 is 0.696. The number of phenols is 1. The molecular formula is C87H121N21O23S. The minimum absolute atomic E-state index is 0.0407. The lowest BCUT2D eigenvalue weighted by molar-refractivity contribution is -0.149. The van der Waals surface area contributed by atoms with Gasteiger partial charge in [-0.25, -0.2) is 0 Å². The van der Waals surface area contributed by atoms with Gasteiger partial charge in [0.25, 0.3) is 0 Å². The number of aliphatic hydroxyl groups is 1. The van der Waals surface area contributed by atoms with Gasteiger partial charge in [0.15, 0.2) is 0 Å². The van der Waals surface area contributed by atoms with Gasteiger partial charge in [-0.05, 0) is 99.4 Å². The van der Waals surface area contributed by atoms with E-state index in [0.29, 0.717) is 69.5 Å². The predicted molar refractivity (Wildman–Crippen MR) is 478 cm³/mol. The maximum atomic E-state index is 15.8. The topological polar surface area (TPSA) is 677 Å². The van der Waals surface area contributed by atoms with Gasteiger partial charge in [0, 0.05) is 119 Å². The standard InChI is InChI=1S/C87H121N21O23S/c1-7-9-20-65-80(124)97-56(27-29-72(114)115)76(120)103-64(75(119)94-42-70(91)112)44-132-45-71(113)95-60(34-47-23-25-50(109)26-24-47)83(127)104(4)46(3)74(118)100-62(38-69(90)111)86(130)107-33-15-22-66(107)81(125)102-63(39-89)79(123)98-58(28-30-73(116)117)85(129)108-43-51(110)37-68(108)82(126)99-59(35-48-40-92-54-18-13-11-16-52(48)54)78(122)96-57(31-32-88)77(121)101-61(36-49-41-93-55-19-14-12-17-53(49)55)84(128)106(6)67(21-10-8-2)87(131)105(65)5/h11-14,16-19,23-26,40-41,46,51,56-68,92-93,109-110H,7-10,15,20-22,27-39,42-45,88-89H2,1-6H3,(H2,90,111)(H2,91,112)(H,94,119)(H,95,113)(H,96,122)(H,97,124)(H,98,123)(H,99,126)(H,100,118)(H,101,121)(H,102,125)(H,103,120)(H,114,115)(H,116,117)/t46-,51+,56-,57-,58-,59-,60-,61-,62-,63-,64-,65-,66-,67-,68-/m0/s1. The van der Waals surface area contributed by atoms with Crippen LogP contribution in [0.1, 0.15) is 134 Å². The number of thioether (sulfide) groups is 1. The minimum Gasteiger partial charge on any atom is -0.508 e. The molecule has 718 valence electrons. The second kappa shape index (κ2) is 49.6. The second-order valence-corrected chi connectivity index (χ2v) is 34.1. The molecule has 132 heavy (non-hydrogen) atoms. The number of para-hydroxylation sites is 2. The van der Waals surface area contributed by atoms with E-state index < -0.39 is 273 Å². The van der Waals surface area contributed by atoms with Crippen LogP contribution in [-0.2, 0) is 110 Å². The first-order chi connectivity index (χ1) is 62.8. The number of carbonyl (C=O) groups is 19. The Kier molecular flexibility index (Phi) is 39.1. The molecule has 0 spiro atoms. The van der Waals surface area contributed by atoms with Crippen molar-refractivity contribution in [1.29, 1.82) is 0 Å². The lowest BCUT2D eigenvalue weighted by Crippen LogP contribution is -2.61. The highest BCUT2D eigenvalue weighted by atomic mass is 32.2. The van der Waals surface area contributed by atoms with Crippen LogP contribution in [-0.4, -0.2) is 323 Å². The number of fused-ring (bicyclic) bond motifs is 4. The average Bonchev–Trinajstić information content (AvgIpc) is 1.65. The van der Waals surface area contributed by atoms with Crippen LogP contribution in [0.3, 0.4) is 0 Å². The van der Waals surface area contributed by atoms with Crippen molar-refractivity contribution in [1.82, 2.24) is 87.6 Å². The Morgan fingerprint density at radius 1 is 0.500 bits per heavy atom. The number of nitrogens with zero attached hydrogens (tertiary/aromatic N) is 5. The van der Waals surface area contributed by atoms with Crippen molar-refractivity contribution >= 4 is 146 Å². The molecule has 17 amide bonds. The maximum Gasteiger partial charge on any atom is 0.303 e. The molecule has 3 saturated heterocycles. The van der Waals surface area contributed by atoms with E-state index in [2.05, 4.69) is 63.1 Å². The summed E-state index contributed by atoms with van der Waals surface area (Å²) in [6, 6.07) is -3.54. The van der Waals surface area contributed by atoms with Crippen LogP contribution in [0.15, 0.2) is 85.2 Å². The Hall–Kier alpha value is -13.3. The number of nitrogens with one attached hydrogen (secondary N) is 12. The number of unbranched alkanes of at least 4 members (excludes halogenated alkanes) is 2. The summed E-state index contributed by atoms with van der Waals surface area (Å²) < 4.78 is 0. The fourth-order valence-electron chi connectivity index (χ4n) is 16.0. The summed E-state index contributed by atoms with van der Waals surface area (Å²) in [6.45, 7) is 2.32. The minimum atomic E-state index is -1.84. The van der Waals surface area contributed by atoms with E-state index in [4.69, 9.17) is 22.9 Å². The van der Waals surface area contributed by atoms with Crippen LogP contribution in [0.2, 0.25) is 0 Å². The molecule has 15 atom stereocenters. The number of amides is 17. The number of aliphatic hydroxyl groups excluding tert-OH is 1. The third-order valence-electron chi connectivity index (χ3n) is 23.5. The van der Waals surface area contributed by atoms with Crippen molar-refractivity contribution in [3.63, 3.8) is 0 Å². The number of primary amides is 2. The van der Waals surface area contributed by atoms with E-state index >= 15 is 33.6 Å². The number of likely N-dealkylation sites (N-methyl/N-ethyl adjacent to an activating group) is 3. The second-order valence-electron chi connectivity index (χ2n) is 33.1. The van der Waals surface area contributed by atoms with E-state index in [1.54, 1.807) is 67.8 Å². The largest absolute Gasteiger partial charge is 0.508 e. The first-order valence-electron chi connectivity index (χ1n) is 43.7. The number of aromatic nitrogens is 2. The number of aliphatic carboxylic acids is 2. The van der Waals surface area contributed by atoms with Crippen LogP contribution in [0.4, 0.5) is 0 Å². The Morgan fingerprint density at radius 3 is 1.58 bits per heavy atom. The van der Waals surface area contributed by atoms with Gasteiger partial charge in [-0.15, -0.1) is 11.8 Å². The number of hydrogen-bond donors (Lipinski definition) is 20. The van der Waals surface area contributed by atoms with Crippen molar-refractivity contribution < 1.29 is 112 Å². The van der Waals surface area contributed by atoms with Gasteiger partial charge in [0.05, 0.1) is 24.8 Å². The fourth-order valence-corrected chi connectivity index (χ4v) is 16.9. The lowest BCUT2D eigenvalue weighted by Gasteiger charge is -2.36. The normalized spacial score (nSPS) is 25.0. The van der Waals surface area contributed by atoms with E-state index in [-0.39, 0.29) is 76.6 Å². The van der Waals surface area contributed by atoms with Crippen molar-refractivity contribution in [2.24, 2.45) is 22.9 Å². The predicted octanol–water partition coefficient (Wildman–Crippen LogP) is -4.16. The average molecular weight is 1860 g/mol. The lowest BCUT2D eigenvalue weighted by atomic mass is 9.99. The van der Waals surface area contributed by atoms with Crippen molar-refractivity contribution in [2.45, 2.75) is 227 Å². The number of rotatable bonds is 26. The number of phenolic OH excluding ortho intramolecular Hbond substituents is 1. The smallest absolute Gasteiger partial charge is 0.303 e. The molecule has 0 radical (unpaired) electrons. The van der Waals surface area contributed by atoms with Crippen LogP contribution in [0, 0.1) is 0 Å². The van der Waals surface area contributed by atoms with Gasteiger partial charge < -0.3 is 131 Å². The molecular weight excluding hydrogens is 1740 g/mol. The number of aromatic amines is 2. The summed E-state index contributed by atoms with van der Waals surface area (Å²) in [4.78, 5) is 284. The summed E-state index contributed by atoms with van der Waals surface area (Å²) in [5, 5.41) is 68.2. The highest BCUT2D eigenvalue weighted by molar-refractivity contribution is 8.00. The summed E-state index contributed by atoms with van der Waals surface area (Å²) in [5.74, 6) is -21.5. The molecule has 8 rings (SSSR count). The molecule has 5 heterocycles. The first kappa shape index (κ1) is 104. The number of carboxylic acid groups (broad SMARTS) is 2. The molecule has 44 nitrogen and oxygen atoms in total. The van der Waals surface area contributed by atoms with Gasteiger partial charge in [-0.2, -0.15) is 0 Å². The number of benzene rings is 3. The molecule has 2 aromatic heterocycles. The summed E-state index contributed by atoms with van der Waals surface area (Å²) in [6.07, 6.45) is -2.28. The van der Waals surface area contributed by atoms with Crippen molar-refractivity contribution in [2.75, 3.05) is 65.4 Å². The Labute approximate surface area is 764 Å². The molecule has 45 heteroatoms. The van der Waals surface area contributed by atoms with E-state index in [1.807, 2.05) is 6.92 Å². The zero-order valence-corrected chi connectivity index (χ0v) is 75.2. The van der Waals surface area contributed by atoms with Crippen LogP contribution in [0.5, 0.6) is 5.75 Å². The summed E-state index contributed by atoms with van der Waals surface area (Å²) in [7, 11) is 3.78. The zero-order valence-electron chi connectivity index (χ0n) is 74.4. The van der Waals surface area contributed by atoms with Gasteiger partial charge in [0.1, 0.15) is 90.3 Å². The van der Waals surface area contributed by atoms with Crippen LogP contribution in [0.25, 0.3) is 21.8 Å². The molecule has 0 bridgehead atoms.